The molecule has 0 unspecified atom stereocenters. The number of anilines is 2. The van der Waals surface area contributed by atoms with E-state index < -0.39 is 0 Å². The number of para-hydroxylation sites is 2. The second-order valence-electron chi connectivity index (χ2n) is 4.70. The highest BCUT2D eigenvalue weighted by Gasteiger charge is 2.06. The molecule has 0 aliphatic rings. The summed E-state index contributed by atoms with van der Waals surface area (Å²) in [5, 5.41) is 0. The summed E-state index contributed by atoms with van der Waals surface area (Å²) in [5.74, 6) is 0.871. The van der Waals surface area contributed by atoms with Crippen LogP contribution in [0.25, 0.3) is 6.08 Å². The summed E-state index contributed by atoms with van der Waals surface area (Å²) in [6.45, 7) is 0.786. The Bertz CT molecular complexity index is 633. The standard InChI is InChI=1S/C19H17NO/c1-3-9-17(10-4-1)20(18-11-5-2-6-12-18)15-7-13-19-14-8-16-21-19/h1-14,16H,15H2/b13-7+. The molecule has 0 saturated carbocycles. The van der Waals surface area contributed by atoms with Gasteiger partial charge in [0.2, 0.25) is 0 Å². The molecule has 1 aromatic heterocycles. The lowest BCUT2D eigenvalue weighted by molar-refractivity contribution is 0.557. The van der Waals surface area contributed by atoms with Gasteiger partial charge in [-0.05, 0) is 42.5 Å². The highest BCUT2D eigenvalue weighted by atomic mass is 16.3. The average molecular weight is 275 g/mol. The van der Waals surface area contributed by atoms with Crippen molar-refractivity contribution < 1.29 is 4.42 Å². The van der Waals surface area contributed by atoms with Crippen molar-refractivity contribution in [3.05, 3.63) is 90.9 Å². The molecule has 0 aliphatic heterocycles. The zero-order valence-electron chi connectivity index (χ0n) is 11.7. The molecule has 0 spiro atoms. The van der Waals surface area contributed by atoms with Crippen LogP contribution in [0.5, 0.6) is 0 Å². The minimum Gasteiger partial charge on any atom is -0.465 e. The van der Waals surface area contributed by atoms with Gasteiger partial charge in [0.05, 0.1) is 6.26 Å². The van der Waals surface area contributed by atoms with Crippen molar-refractivity contribution in [3.8, 4) is 0 Å². The van der Waals surface area contributed by atoms with Crippen LogP contribution >= 0.6 is 0 Å². The average Bonchev–Trinajstić information content (AvgIpc) is 3.07. The van der Waals surface area contributed by atoms with Crippen LogP contribution in [0, 0.1) is 0 Å². The van der Waals surface area contributed by atoms with E-state index in [1.807, 2.05) is 30.3 Å². The number of furan rings is 1. The van der Waals surface area contributed by atoms with E-state index >= 15 is 0 Å². The van der Waals surface area contributed by atoms with Crippen LogP contribution in [0.3, 0.4) is 0 Å². The van der Waals surface area contributed by atoms with Gasteiger partial charge in [-0.25, -0.2) is 0 Å². The second-order valence-corrected chi connectivity index (χ2v) is 4.70. The first-order valence-corrected chi connectivity index (χ1v) is 7.01. The van der Waals surface area contributed by atoms with E-state index in [-0.39, 0.29) is 0 Å². The molecule has 104 valence electrons. The maximum atomic E-state index is 5.32. The Kier molecular flexibility index (Phi) is 4.18. The molecule has 0 fully saturated rings. The summed E-state index contributed by atoms with van der Waals surface area (Å²) in [7, 11) is 0. The minimum atomic E-state index is 0.786. The first kappa shape index (κ1) is 13.3. The molecular formula is C19H17NO. The largest absolute Gasteiger partial charge is 0.465 e. The van der Waals surface area contributed by atoms with Crippen molar-refractivity contribution in [1.82, 2.24) is 0 Å². The maximum Gasteiger partial charge on any atom is 0.126 e. The van der Waals surface area contributed by atoms with Gasteiger partial charge in [-0.3, -0.25) is 0 Å². The van der Waals surface area contributed by atoms with Crippen LogP contribution in [-0.4, -0.2) is 6.54 Å². The minimum absolute atomic E-state index is 0.786. The van der Waals surface area contributed by atoms with E-state index in [2.05, 4.69) is 59.5 Å². The van der Waals surface area contributed by atoms with Crippen LogP contribution in [0.15, 0.2) is 89.6 Å². The molecule has 21 heavy (non-hydrogen) atoms. The number of hydrogen-bond acceptors (Lipinski definition) is 2. The number of benzene rings is 2. The van der Waals surface area contributed by atoms with E-state index in [0.29, 0.717) is 0 Å². The Morgan fingerprint density at radius 2 is 1.38 bits per heavy atom. The monoisotopic (exact) mass is 275 g/mol. The van der Waals surface area contributed by atoms with Crippen LogP contribution in [-0.2, 0) is 0 Å². The molecule has 3 rings (SSSR count). The molecule has 0 saturated heterocycles. The van der Waals surface area contributed by atoms with E-state index in [0.717, 1.165) is 12.3 Å². The second kappa shape index (κ2) is 6.62. The van der Waals surface area contributed by atoms with Gasteiger partial charge in [0.25, 0.3) is 0 Å². The summed E-state index contributed by atoms with van der Waals surface area (Å²) in [4.78, 5) is 2.26. The van der Waals surface area contributed by atoms with Crippen molar-refractivity contribution in [1.29, 1.82) is 0 Å². The summed E-state index contributed by atoms with van der Waals surface area (Å²) in [6.07, 6.45) is 5.80. The van der Waals surface area contributed by atoms with Gasteiger partial charge in [0, 0.05) is 17.9 Å². The third kappa shape index (κ3) is 3.42. The number of nitrogens with zero attached hydrogens (tertiary/aromatic N) is 1. The van der Waals surface area contributed by atoms with Crippen LogP contribution < -0.4 is 4.90 Å². The zero-order valence-corrected chi connectivity index (χ0v) is 11.7. The smallest absolute Gasteiger partial charge is 0.126 e. The molecule has 0 aliphatic carbocycles. The van der Waals surface area contributed by atoms with Crippen molar-refractivity contribution in [2.24, 2.45) is 0 Å². The molecule has 2 nitrogen and oxygen atoms in total. The Balaban J connectivity index is 1.83. The lowest BCUT2D eigenvalue weighted by Crippen LogP contribution is -2.16. The van der Waals surface area contributed by atoms with E-state index in [9.17, 15) is 0 Å². The highest BCUT2D eigenvalue weighted by molar-refractivity contribution is 5.64. The van der Waals surface area contributed by atoms with Gasteiger partial charge in [-0.1, -0.05) is 42.5 Å². The SMILES string of the molecule is C(=C\c1ccco1)/CN(c1ccccc1)c1ccccc1. The lowest BCUT2D eigenvalue weighted by atomic mass is 10.2. The van der Waals surface area contributed by atoms with Gasteiger partial charge in [0.15, 0.2) is 0 Å². The van der Waals surface area contributed by atoms with E-state index in [1.165, 1.54) is 11.4 Å². The molecule has 0 radical (unpaired) electrons. The molecule has 1 heterocycles. The lowest BCUT2D eigenvalue weighted by Gasteiger charge is -2.23. The van der Waals surface area contributed by atoms with Gasteiger partial charge in [0.1, 0.15) is 5.76 Å². The fourth-order valence-electron chi connectivity index (χ4n) is 2.24. The number of hydrogen-bond donors (Lipinski definition) is 0. The van der Waals surface area contributed by atoms with Crippen LogP contribution in [0.2, 0.25) is 0 Å². The van der Waals surface area contributed by atoms with E-state index in [1.54, 1.807) is 6.26 Å². The predicted molar refractivity (Wildman–Crippen MR) is 87.6 cm³/mol. The highest BCUT2D eigenvalue weighted by Crippen LogP contribution is 2.24. The summed E-state index contributed by atoms with van der Waals surface area (Å²) in [6, 6.07) is 24.6. The molecule has 2 heteroatoms. The fourth-order valence-corrected chi connectivity index (χ4v) is 2.24. The zero-order chi connectivity index (χ0) is 14.3. The quantitative estimate of drug-likeness (QED) is 0.641. The van der Waals surface area contributed by atoms with Gasteiger partial charge in [-0.2, -0.15) is 0 Å². The van der Waals surface area contributed by atoms with E-state index in [4.69, 9.17) is 4.42 Å². The van der Waals surface area contributed by atoms with Crippen molar-refractivity contribution in [2.45, 2.75) is 0 Å². The molecule has 0 N–H and O–H groups in total. The topological polar surface area (TPSA) is 16.4 Å². The first-order chi connectivity index (χ1) is 10.4. The van der Waals surface area contributed by atoms with Crippen LogP contribution in [0.1, 0.15) is 5.76 Å². The summed E-state index contributed by atoms with van der Waals surface area (Å²) >= 11 is 0. The molecule has 3 aromatic rings. The van der Waals surface area contributed by atoms with Crippen molar-refractivity contribution in [3.63, 3.8) is 0 Å². The molecule has 0 amide bonds. The Morgan fingerprint density at radius 3 is 1.90 bits per heavy atom. The Morgan fingerprint density at radius 1 is 0.762 bits per heavy atom. The van der Waals surface area contributed by atoms with Crippen molar-refractivity contribution >= 4 is 17.5 Å². The van der Waals surface area contributed by atoms with Gasteiger partial charge < -0.3 is 9.32 Å². The Labute approximate surface area is 125 Å². The molecular weight excluding hydrogens is 258 g/mol. The number of rotatable bonds is 5. The third-order valence-corrected chi connectivity index (χ3v) is 3.25. The molecule has 0 atom stereocenters. The van der Waals surface area contributed by atoms with Gasteiger partial charge >= 0.3 is 0 Å². The normalized spacial score (nSPS) is 10.9. The third-order valence-electron chi connectivity index (χ3n) is 3.25. The van der Waals surface area contributed by atoms with Gasteiger partial charge in [-0.15, -0.1) is 0 Å². The van der Waals surface area contributed by atoms with Crippen LogP contribution in [0.4, 0.5) is 11.4 Å². The predicted octanol–water partition coefficient (Wildman–Crippen LogP) is 5.13. The first-order valence-electron chi connectivity index (χ1n) is 7.01. The molecule has 0 bridgehead atoms. The molecule has 2 aromatic carbocycles. The fraction of sp³-hybridized carbons (Fsp3) is 0.0526. The van der Waals surface area contributed by atoms with Crippen molar-refractivity contribution in [2.75, 3.05) is 11.4 Å². The summed E-state index contributed by atoms with van der Waals surface area (Å²) < 4.78 is 5.32. The maximum absolute atomic E-state index is 5.32. The Hall–Kier alpha value is -2.74. The summed E-state index contributed by atoms with van der Waals surface area (Å²) in [5.41, 5.74) is 2.35.